The Morgan fingerprint density at radius 2 is 1.02 bits per heavy atom. The van der Waals surface area contributed by atoms with E-state index in [0.29, 0.717) is 12.8 Å². The van der Waals surface area contributed by atoms with Gasteiger partial charge in [-0.15, -0.1) is 0 Å². The first-order valence-corrected chi connectivity index (χ1v) is 25.0. The monoisotopic (exact) mass is 861 g/mol. The summed E-state index contributed by atoms with van der Waals surface area (Å²) in [6, 6.07) is 0. The maximum atomic E-state index is 12.8. The van der Waals surface area contributed by atoms with E-state index in [2.05, 4.69) is 38.2 Å². The molecule has 1 fully saturated rings. The number of hydrogen-bond donors (Lipinski definition) is 4. The molecule has 59 heavy (non-hydrogen) atoms. The molecule has 0 aromatic rings. The molecule has 1 aliphatic heterocycles. The number of esters is 2. The van der Waals surface area contributed by atoms with Crippen molar-refractivity contribution < 1.29 is 56.8 Å². The van der Waals surface area contributed by atoms with Crippen LogP contribution >= 0.6 is 0 Å². The third kappa shape index (κ3) is 31.6. The molecule has 346 valence electrons. The first-order chi connectivity index (χ1) is 28.5. The number of aliphatic hydroxyl groups excluding tert-OH is 3. The highest BCUT2D eigenvalue weighted by atomic mass is 32.2. The maximum Gasteiger partial charge on any atom is 0.306 e. The summed E-state index contributed by atoms with van der Waals surface area (Å²) in [6.45, 7) is 3.74. The minimum atomic E-state index is -4.60. The summed E-state index contributed by atoms with van der Waals surface area (Å²) in [5, 5.41) is 30.9. The molecule has 0 spiro atoms. The number of rotatable bonds is 39. The van der Waals surface area contributed by atoms with Gasteiger partial charge in [0.1, 0.15) is 36.8 Å². The zero-order valence-corrected chi connectivity index (χ0v) is 37.7. The minimum absolute atomic E-state index is 0.125. The summed E-state index contributed by atoms with van der Waals surface area (Å²) < 4.78 is 54.0. The van der Waals surface area contributed by atoms with E-state index in [-0.39, 0.29) is 19.4 Å². The van der Waals surface area contributed by atoms with Gasteiger partial charge in [0.05, 0.1) is 6.61 Å². The molecule has 0 aromatic heterocycles. The Balaban J connectivity index is 2.45. The largest absolute Gasteiger partial charge is 0.462 e. The molecule has 2 unspecified atom stereocenters. The number of allylic oxidation sites excluding steroid dienone is 4. The summed E-state index contributed by atoms with van der Waals surface area (Å²) >= 11 is 0. The molecule has 0 aliphatic carbocycles. The summed E-state index contributed by atoms with van der Waals surface area (Å²) in [7, 11) is -4.60. The van der Waals surface area contributed by atoms with Gasteiger partial charge in [0.15, 0.2) is 12.4 Å². The van der Waals surface area contributed by atoms with Crippen molar-refractivity contribution in [3.8, 4) is 0 Å². The molecule has 12 nitrogen and oxygen atoms in total. The molecule has 1 saturated heterocycles. The van der Waals surface area contributed by atoms with Crippen molar-refractivity contribution in [3.05, 3.63) is 24.3 Å². The van der Waals surface area contributed by atoms with Crippen molar-refractivity contribution in [2.45, 2.75) is 237 Å². The van der Waals surface area contributed by atoms with Crippen LogP contribution in [0.2, 0.25) is 0 Å². The van der Waals surface area contributed by atoms with Crippen LogP contribution in [0.4, 0.5) is 0 Å². The summed E-state index contributed by atoms with van der Waals surface area (Å²) in [4.78, 5) is 25.4. The molecule has 1 rings (SSSR count). The zero-order chi connectivity index (χ0) is 43.4. The van der Waals surface area contributed by atoms with E-state index in [0.717, 1.165) is 44.9 Å². The van der Waals surface area contributed by atoms with Crippen molar-refractivity contribution in [1.82, 2.24) is 0 Å². The van der Waals surface area contributed by atoms with Crippen LogP contribution in [0.15, 0.2) is 24.3 Å². The van der Waals surface area contributed by atoms with Crippen LogP contribution < -0.4 is 0 Å². The van der Waals surface area contributed by atoms with Gasteiger partial charge in [-0.1, -0.05) is 167 Å². The number of hydrogen-bond acceptors (Lipinski definition) is 11. The predicted octanol–water partition coefficient (Wildman–Crippen LogP) is 9.62. The van der Waals surface area contributed by atoms with Crippen molar-refractivity contribution in [2.24, 2.45) is 0 Å². The van der Waals surface area contributed by atoms with Crippen molar-refractivity contribution in [2.75, 3.05) is 19.0 Å². The number of unbranched alkanes of at least 4 members (excludes halogenated alkanes) is 23. The fraction of sp³-hybridized carbons (Fsp3) is 0.870. The Hall–Kier alpha value is -1.87. The predicted molar refractivity (Wildman–Crippen MR) is 233 cm³/mol. The number of carbonyl (C=O) groups is 2. The van der Waals surface area contributed by atoms with E-state index in [1.165, 1.54) is 116 Å². The highest BCUT2D eigenvalue weighted by Gasteiger charge is 2.46. The normalized spacial score (nSPS) is 20.4. The van der Waals surface area contributed by atoms with Crippen LogP contribution in [0.1, 0.15) is 200 Å². The van der Waals surface area contributed by atoms with Crippen LogP contribution in [0, 0.1) is 0 Å². The van der Waals surface area contributed by atoms with E-state index < -0.39 is 71.2 Å². The molecule has 13 heteroatoms. The molecule has 1 heterocycles. The lowest BCUT2D eigenvalue weighted by Gasteiger charge is -2.40. The van der Waals surface area contributed by atoms with E-state index in [4.69, 9.17) is 18.9 Å². The first-order valence-electron chi connectivity index (χ1n) is 23.4. The molecule has 0 saturated carbocycles. The quantitative estimate of drug-likeness (QED) is 0.0199. The highest BCUT2D eigenvalue weighted by molar-refractivity contribution is 7.85. The van der Waals surface area contributed by atoms with Gasteiger partial charge in [-0.2, -0.15) is 8.42 Å². The Labute approximate surface area is 358 Å². The highest BCUT2D eigenvalue weighted by Crippen LogP contribution is 2.24. The molecule has 0 amide bonds. The Morgan fingerprint density at radius 1 is 0.576 bits per heavy atom. The fourth-order valence-corrected chi connectivity index (χ4v) is 7.81. The standard InChI is InChI=1S/C46H84O12S/c1-3-5-7-9-11-13-15-17-19-21-22-24-26-28-30-32-34-41(47)55-36-39(37-56-46-45(51)44(50)43(49)40(58-46)38-59(52,53)54)57-42(48)35-33-31-29-27-25-23-20-18-16-14-12-10-8-6-4-2/h18,20,25,27,39-40,43-46,49-51H,3-17,19,21-24,26,28-38H2,1-2H3,(H,52,53,54)/b20-18+,27-25+/t39-,40-,43-,44?,45?,46+/m1/s1. The van der Waals surface area contributed by atoms with Crippen molar-refractivity contribution >= 4 is 22.1 Å². The third-order valence-corrected chi connectivity index (χ3v) is 11.5. The SMILES string of the molecule is CCCCCCCC/C=C/C/C=C/CCCCC(=O)O[C@H](COC(=O)CCCCCCCCCCCCCCCCCC)CO[C@H]1O[C@H](CS(=O)(=O)O)[C@@H](O)C(O)C1O. The maximum absolute atomic E-state index is 12.8. The van der Waals surface area contributed by atoms with Gasteiger partial charge in [0, 0.05) is 12.8 Å². The van der Waals surface area contributed by atoms with E-state index in [9.17, 15) is 37.9 Å². The van der Waals surface area contributed by atoms with Gasteiger partial charge in [-0.3, -0.25) is 14.1 Å². The molecule has 6 atom stereocenters. The lowest BCUT2D eigenvalue weighted by atomic mass is 10.00. The molecular weight excluding hydrogens is 777 g/mol. The fourth-order valence-electron chi connectivity index (χ4n) is 7.12. The molecule has 0 aromatic carbocycles. The third-order valence-electron chi connectivity index (χ3n) is 10.8. The van der Waals surface area contributed by atoms with Crippen LogP contribution in [0.25, 0.3) is 0 Å². The molecular formula is C46H84O12S. The number of carbonyl (C=O) groups excluding carboxylic acids is 2. The summed E-state index contributed by atoms with van der Waals surface area (Å²) in [6.07, 6.45) is 30.8. The van der Waals surface area contributed by atoms with Crippen LogP contribution in [-0.4, -0.2) is 96.0 Å². The topological polar surface area (TPSA) is 186 Å². The lowest BCUT2D eigenvalue weighted by molar-refractivity contribution is -0.297. The van der Waals surface area contributed by atoms with Gasteiger partial charge >= 0.3 is 11.9 Å². The van der Waals surface area contributed by atoms with E-state index >= 15 is 0 Å². The van der Waals surface area contributed by atoms with Gasteiger partial charge < -0.3 is 34.3 Å². The van der Waals surface area contributed by atoms with Crippen molar-refractivity contribution in [3.63, 3.8) is 0 Å². The average Bonchev–Trinajstić information content (AvgIpc) is 3.20. The second-order valence-corrected chi connectivity index (χ2v) is 17.9. The minimum Gasteiger partial charge on any atom is -0.462 e. The Kier molecular flexibility index (Phi) is 34.4. The molecule has 1 aliphatic rings. The molecule has 0 bridgehead atoms. The van der Waals surface area contributed by atoms with Gasteiger partial charge in [-0.05, 0) is 44.9 Å². The first kappa shape index (κ1) is 55.1. The Bertz CT molecular complexity index is 1190. The number of aliphatic hydroxyl groups is 3. The van der Waals surface area contributed by atoms with Crippen molar-refractivity contribution in [1.29, 1.82) is 0 Å². The lowest BCUT2D eigenvalue weighted by Crippen LogP contribution is -2.60. The van der Waals surface area contributed by atoms with Gasteiger partial charge in [0.2, 0.25) is 0 Å². The van der Waals surface area contributed by atoms with Crippen LogP contribution in [-0.2, 0) is 38.7 Å². The smallest absolute Gasteiger partial charge is 0.306 e. The zero-order valence-electron chi connectivity index (χ0n) is 36.9. The van der Waals surface area contributed by atoms with Gasteiger partial charge in [-0.25, -0.2) is 0 Å². The Morgan fingerprint density at radius 3 is 1.53 bits per heavy atom. The molecule has 0 radical (unpaired) electrons. The van der Waals surface area contributed by atoms with Crippen LogP contribution in [0.3, 0.4) is 0 Å². The van der Waals surface area contributed by atoms with E-state index in [1.54, 1.807) is 0 Å². The van der Waals surface area contributed by atoms with Crippen LogP contribution in [0.5, 0.6) is 0 Å². The summed E-state index contributed by atoms with van der Waals surface area (Å²) in [5.41, 5.74) is 0. The summed E-state index contributed by atoms with van der Waals surface area (Å²) in [5.74, 6) is -2.02. The average molecular weight is 861 g/mol. The van der Waals surface area contributed by atoms with E-state index in [1.807, 2.05) is 0 Å². The number of ether oxygens (including phenoxy) is 4. The van der Waals surface area contributed by atoms with Gasteiger partial charge in [0.25, 0.3) is 10.1 Å². The second-order valence-electron chi connectivity index (χ2n) is 16.4. The second kappa shape index (κ2) is 36.8. The molecule has 4 N–H and O–H groups in total.